The third-order valence-corrected chi connectivity index (χ3v) is 3.21. The van der Waals surface area contributed by atoms with Crippen LogP contribution in [0.25, 0.3) is 10.9 Å². The summed E-state index contributed by atoms with van der Waals surface area (Å²) in [5.41, 5.74) is 3.03. The summed E-state index contributed by atoms with van der Waals surface area (Å²) in [5, 5.41) is 10.5. The lowest BCUT2D eigenvalue weighted by molar-refractivity contribution is 0.475. The van der Waals surface area contributed by atoms with Crippen molar-refractivity contribution >= 4 is 22.3 Å². The molecule has 0 amide bonds. The first kappa shape index (κ1) is 11.5. The van der Waals surface area contributed by atoms with Crippen molar-refractivity contribution in [2.45, 2.75) is 0 Å². The zero-order valence-corrected chi connectivity index (χ0v) is 10.6. The largest absolute Gasteiger partial charge is 0.508 e. The Hall–Kier alpha value is -2.55. The number of rotatable bonds is 2. The standard InChI is InChI=1S/C16H14N2O/c1-18(13-7-9-14(19)10-8-13)15-6-2-4-12-5-3-11-17-16(12)15/h2-11,19H,1H3. The van der Waals surface area contributed by atoms with E-state index in [0.717, 1.165) is 22.3 Å². The number of nitrogens with zero attached hydrogens (tertiary/aromatic N) is 2. The van der Waals surface area contributed by atoms with Gasteiger partial charge in [0.05, 0.1) is 11.2 Å². The Morgan fingerprint density at radius 1 is 0.947 bits per heavy atom. The Kier molecular flexibility index (Phi) is 2.80. The van der Waals surface area contributed by atoms with E-state index >= 15 is 0 Å². The van der Waals surface area contributed by atoms with Crippen LogP contribution in [0.1, 0.15) is 0 Å². The van der Waals surface area contributed by atoms with Gasteiger partial charge in [0.25, 0.3) is 0 Å². The molecule has 94 valence electrons. The number of phenols is 1. The van der Waals surface area contributed by atoms with Gasteiger partial charge in [0, 0.05) is 24.3 Å². The molecule has 3 heteroatoms. The SMILES string of the molecule is CN(c1ccc(O)cc1)c1cccc2cccnc12. The quantitative estimate of drug-likeness (QED) is 0.753. The van der Waals surface area contributed by atoms with Crippen LogP contribution < -0.4 is 4.90 Å². The minimum atomic E-state index is 0.271. The van der Waals surface area contributed by atoms with E-state index < -0.39 is 0 Å². The number of anilines is 2. The van der Waals surface area contributed by atoms with Gasteiger partial charge in [0.2, 0.25) is 0 Å². The molecule has 0 saturated heterocycles. The maximum atomic E-state index is 9.35. The number of hydrogen-bond acceptors (Lipinski definition) is 3. The normalized spacial score (nSPS) is 10.6. The van der Waals surface area contributed by atoms with E-state index in [-0.39, 0.29) is 5.75 Å². The predicted octanol–water partition coefficient (Wildman–Crippen LogP) is 3.71. The molecule has 19 heavy (non-hydrogen) atoms. The maximum absolute atomic E-state index is 9.35. The molecule has 0 fully saturated rings. The molecular weight excluding hydrogens is 236 g/mol. The molecular formula is C16H14N2O. The van der Waals surface area contributed by atoms with Crippen LogP contribution in [0.5, 0.6) is 5.75 Å². The van der Waals surface area contributed by atoms with Crippen molar-refractivity contribution in [2.75, 3.05) is 11.9 Å². The lowest BCUT2D eigenvalue weighted by Crippen LogP contribution is -2.09. The molecule has 0 saturated carbocycles. The summed E-state index contributed by atoms with van der Waals surface area (Å²) in [6.45, 7) is 0. The number of aromatic hydroxyl groups is 1. The second-order valence-corrected chi connectivity index (χ2v) is 4.43. The Morgan fingerprint density at radius 3 is 2.47 bits per heavy atom. The zero-order chi connectivity index (χ0) is 13.2. The topological polar surface area (TPSA) is 36.4 Å². The molecule has 0 radical (unpaired) electrons. The van der Waals surface area contributed by atoms with E-state index in [1.807, 2.05) is 37.4 Å². The molecule has 0 atom stereocenters. The minimum absolute atomic E-state index is 0.271. The van der Waals surface area contributed by atoms with Crippen molar-refractivity contribution in [3.63, 3.8) is 0 Å². The number of para-hydroxylation sites is 1. The molecule has 0 aliphatic carbocycles. The van der Waals surface area contributed by atoms with Crippen molar-refractivity contribution < 1.29 is 5.11 Å². The fourth-order valence-corrected chi connectivity index (χ4v) is 2.17. The van der Waals surface area contributed by atoms with Gasteiger partial charge >= 0.3 is 0 Å². The van der Waals surface area contributed by atoms with Crippen molar-refractivity contribution in [3.8, 4) is 5.75 Å². The third-order valence-electron chi connectivity index (χ3n) is 3.21. The summed E-state index contributed by atoms with van der Waals surface area (Å²) in [6.07, 6.45) is 1.80. The monoisotopic (exact) mass is 250 g/mol. The van der Waals surface area contributed by atoms with E-state index in [4.69, 9.17) is 0 Å². The van der Waals surface area contributed by atoms with Gasteiger partial charge in [0.1, 0.15) is 5.75 Å². The molecule has 3 rings (SSSR count). The first-order valence-electron chi connectivity index (χ1n) is 6.12. The zero-order valence-electron chi connectivity index (χ0n) is 10.6. The fraction of sp³-hybridized carbons (Fsp3) is 0.0625. The summed E-state index contributed by atoms with van der Waals surface area (Å²) in [6, 6.07) is 17.3. The molecule has 3 nitrogen and oxygen atoms in total. The molecule has 2 aromatic carbocycles. The molecule has 0 aliphatic rings. The summed E-state index contributed by atoms with van der Waals surface area (Å²) >= 11 is 0. The van der Waals surface area contributed by atoms with Crippen LogP contribution >= 0.6 is 0 Å². The van der Waals surface area contributed by atoms with Crippen LogP contribution in [0, 0.1) is 0 Å². The number of pyridine rings is 1. The fourth-order valence-electron chi connectivity index (χ4n) is 2.17. The van der Waals surface area contributed by atoms with Gasteiger partial charge in [-0.05, 0) is 36.4 Å². The van der Waals surface area contributed by atoms with Gasteiger partial charge in [-0.2, -0.15) is 0 Å². The molecule has 0 spiro atoms. The van der Waals surface area contributed by atoms with Crippen molar-refractivity contribution in [1.82, 2.24) is 4.98 Å². The lowest BCUT2D eigenvalue weighted by Gasteiger charge is -2.20. The molecule has 1 heterocycles. The number of phenolic OH excluding ortho intramolecular Hbond substituents is 1. The van der Waals surface area contributed by atoms with Crippen molar-refractivity contribution in [1.29, 1.82) is 0 Å². The Bertz CT molecular complexity index is 702. The first-order valence-corrected chi connectivity index (χ1v) is 6.12. The van der Waals surface area contributed by atoms with Crippen molar-refractivity contribution in [3.05, 3.63) is 60.8 Å². The van der Waals surface area contributed by atoms with Gasteiger partial charge in [-0.1, -0.05) is 18.2 Å². The highest BCUT2D eigenvalue weighted by atomic mass is 16.3. The smallest absolute Gasteiger partial charge is 0.115 e. The van der Waals surface area contributed by atoms with Crippen LogP contribution in [0.15, 0.2) is 60.8 Å². The first-order chi connectivity index (χ1) is 9.25. The van der Waals surface area contributed by atoms with Gasteiger partial charge in [0.15, 0.2) is 0 Å². The number of fused-ring (bicyclic) bond motifs is 1. The minimum Gasteiger partial charge on any atom is -0.508 e. The average molecular weight is 250 g/mol. The summed E-state index contributed by atoms with van der Waals surface area (Å²) in [5.74, 6) is 0.271. The maximum Gasteiger partial charge on any atom is 0.115 e. The molecule has 1 N–H and O–H groups in total. The van der Waals surface area contributed by atoms with E-state index in [9.17, 15) is 5.11 Å². The van der Waals surface area contributed by atoms with Crippen LogP contribution in [0.3, 0.4) is 0 Å². The number of benzene rings is 2. The highest BCUT2D eigenvalue weighted by molar-refractivity contribution is 5.92. The van der Waals surface area contributed by atoms with Gasteiger partial charge in [-0.3, -0.25) is 4.98 Å². The van der Waals surface area contributed by atoms with Gasteiger partial charge in [-0.25, -0.2) is 0 Å². The summed E-state index contributed by atoms with van der Waals surface area (Å²) in [7, 11) is 2.00. The van der Waals surface area contributed by atoms with E-state index in [2.05, 4.69) is 22.0 Å². The van der Waals surface area contributed by atoms with Crippen LogP contribution in [-0.2, 0) is 0 Å². The Labute approximate surface area is 111 Å². The van der Waals surface area contributed by atoms with E-state index in [1.54, 1.807) is 18.3 Å². The van der Waals surface area contributed by atoms with E-state index in [1.165, 1.54) is 0 Å². The molecule has 3 aromatic rings. The third kappa shape index (κ3) is 2.10. The van der Waals surface area contributed by atoms with E-state index in [0.29, 0.717) is 0 Å². The summed E-state index contributed by atoms with van der Waals surface area (Å²) < 4.78 is 0. The average Bonchev–Trinajstić information content (AvgIpc) is 2.47. The second kappa shape index (κ2) is 4.61. The number of aromatic nitrogens is 1. The van der Waals surface area contributed by atoms with Crippen molar-refractivity contribution in [2.24, 2.45) is 0 Å². The van der Waals surface area contributed by atoms with Gasteiger partial charge < -0.3 is 10.0 Å². The molecule has 0 bridgehead atoms. The van der Waals surface area contributed by atoms with Crippen LogP contribution in [0.4, 0.5) is 11.4 Å². The van der Waals surface area contributed by atoms with Crippen LogP contribution in [0.2, 0.25) is 0 Å². The molecule has 0 unspecified atom stereocenters. The molecule has 0 aliphatic heterocycles. The Balaban J connectivity index is 2.11. The van der Waals surface area contributed by atoms with Crippen LogP contribution in [-0.4, -0.2) is 17.1 Å². The second-order valence-electron chi connectivity index (χ2n) is 4.43. The number of hydrogen-bond donors (Lipinski definition) is 1. The highest BCUT2D eigenvalue weighted by Gasteiger charge is 2.08. The highest BCUT2D eigenvalue weighted by Crippen LogP contribution is 2.30. The van der Waals surface area contributed by atoms with Gasteiger partial charge in [-0.15, -0.1) is 0 Å². The Morgan fingerprint density at radius 2 is 1.68 bits per heavy atom. The summed E-state index contributed by atoms with van der Waals surface area (Å²) in [4.78, 5) is 6.52. The molecule has 1 aromatic heterocycles. The predicted molar refractivity (Wildman–Crippen MR) is 77.9 cm³/mol. The lowest BCUT2D eigenvalue weighted by atomic mass is 10.1.